The lowest BCUT2D eigenvalue weighted by Gasteiger charge is -2.13. The molecule has 132 valence electrons. The Labute approximate surface area is 148 Å². The Kier molecular flexibility index (Phi) is 6.57. The Hall–Kier alpha value is -2.82. The summed E-state index contributed by atoms with van der Waals surface area (Å²) in [7, 11) is 0. The standard InChI is InChI=1S/C20H24N2O3/c1-4-15-8-6-9-16(12-15)25-13-20(24)22-18-11-7-10-17(14(18)3)21-19(23)5-2/h6-12H,4-5,13H2,1-3H3,(H,21,23)(H,22,24). The lowest BCUT2D eigenvalue weighted by atomic mass is 10.1. The molecule has 0 radical (unpaired) electrons. The van der Waals surface area contributed by atoms with Crippen molar-refractivity contribution in [2.24, 2.45) is 0 Å². The van der Waals surface area contributed by atoms with E-state index in [1.54, 1.807) is 19.1 Å². The zero-order chi connectivity index (χ0) is 18.2. The molecule has 0 saturated carbocycles. The second-order valence-corrected chi connectivity index (χ2v) is 5.72. The molecule has 2 N–H and O–H groups in total. The van der Waals surface area contributed by atoms with Crippen molar-refractivity contribution in [3.05, 3.63) is 53.6 Å². The minimum atomic E-state index is -0.246. The number of hydrogen-bond acceptors (Lipinski definition) is 3. The van der Waals surface area contributed by atoms with Gasteiger partial charge < -0.3 is 15.4 Å². The van der Waals surface area contributed by atoms with Gasteiger partial charge in [0.2, 0.25) is 5.91 Å². The fourth-order valence-corrected chi connectivity index (χ4v) is 2.34. The Morgan fingerprint density at radius 1 is 0.960 bits per heavy atom. The van der Waals surface area contributed by atoms with Crippen molar-refractivity contribution < 1.29 is 14.3 Å². The van der Waals surface area contributed by atoms with Crippen molar-refractivity contribution in [2.75, 3.05) is 17.2 Å². The van der Waals surface area contributed by atoms with Crippen LogP contribution in [-0.4, -0.2) is 18.4 Å². The first-order valence-electron chi connectivity index (χ1n) is 8.44. The number of amides is 2. The number of nitrogens with one attached hydrogen (secondary N) is 2. The smallest absolute Gasteiger partial charge is 0.262 e. The number of aryl methyl sites for hydroxylation is 1. The van der Waals surface area contributed by atoms with E-state index in [-0.39, 0.29) is 18.4 Å². The molecular formula is C20H24N2O3. The average Bonchev–Trinajstić information content (AvgIpc) is 2.63. The Morgan fingerprint density at radius 3 is 2.24 bits per heavy atom. The first-order chi connectivity index (χ1) is 12.0. The first kappa shape index (κ1) is 18.5. The molecule has 5 nitrogen and oxygen atoms in total. The Balaban J connectivity index is 1.98. The van der Waals surface area contributed by atoms with Crippen LogP contribution in [-0.2, 0) is 16.0 Å². The van der Waals surface area contributed by atoms with Crippen molar-refractivity contribution in [1.82, 2.24) is 0 Å². The molecule has 0 aliphatic heterocycles. The SMILES string of the molecule is CCC(=O)Nc1cccc(NC(=O)COc2cccc(CC)c2)c1C. The minimum absolute atomic E-state index is 0.0642. The molecule has 2 aromatic carbocycles. The largest absolute Gasteiger partial charge is 0.484 e. The van der Waals surface area contributed by atoms with Gasteiger partial charge in [0.15, 0.2) is 6.61 Å². The van der Waals surface area contributed by atoms with E-state index < -0.39 is 0 Å². The van der Waals surface area contributed by atoms with Gasteiger partial charge in [-0.3, -0.25) is 9.59 Å². The number of carbonyl (C=O) groups is 2. The number of anilines is 2. The predicted molar refractivity (Wildman–Crippen MR) is 100 cm³/mol. The van der Waals surface area contributed by atoms with Gasteiger partial charge >= 0.3 is 0 Å². The van der Waals surface area contributed by atoms with Crippen LogP contribution >= 0.6 is 0 Å². The van der Waals surface area contributed by atoms with Crippen LogP contribution in [0.15, 0.2) is 42.5 Å². The summed E-state index contributed by atoms with van der Waals surface area (Å²) in [5, 5.41) is 5.65. The monoisotopic (exact) mass is 340 g/mol. The highest BCUT2D eigenvalue weighted by Crippen LogP contribution is 2.23. The molecule has 0 atom stereocenters. The van der Waals surface area contributed by atoms with Crippen molar-refractivity contribution in [3.63, 3.8) is 0 Å². The van der Waals surface area contributed by atoms with E-state index in [9.17, 15) is 9.59 Å². The molecule has 0 aliphatic carbocycles. The molecule has 2 amide bonds. The zero-order valence-corrected chi connectivity index (χ0v) is 14.9. The summed E-state index contributed by atoms with van der Waals surface area (Å²) in [6.45, 7) is 5.64. The Bertz CT molecular complexity index is 756. The highest BCUT2D eigenvalue weighted by molar-refractivity contribution is 5.96. The normalized spacial score (nSPS) is 10.2. The Morgan fingerprint density at radius 2 is 1.60 bits per heavy atom. The summed E-state index contributed by atoms with van der Waals surface area (Å²) in [4.78, 5) is 23.7. The van der Waals surface area contributed by atoms with Crippen molar-refractivity contribution in [1.29, 1.82) is 0 Å². The number of hydrogen-bond donors (Lipinski definition) is 2. The maximum atomic E-state index is 12.2. The number of carbonyl (C=O) groups excluding carboxylic acids is 2. The summed E-state index contributed by atoms with van der Waals surface area (Å²) in [5.74, 6) is 0.366. The highest BCUT2D eigenvalue weighted by atomic mass is 16.5. The van der Waals surface area contributed by atoms with Gasteiger partial charge in [0.05, 0.1) is 0 Å². The van der Waals surface area contributed by atoms with E-state index in [4.69, 9.17) is 4.74 Å². The van der Waals surface area contributed by atoms with Crippen LogP contribution in [0.25, 0.3) is 0 Å². The van der Waals surface area contributed by atoms with E-state index in [0.29, 0.717) is 23.5 Å². The van der Waals surface area contributed by atoms with Crippen LogP contribution in [0.3, 0.4) is 0 Å². The summed E-state index contributed by atoms with van der Waals surface area (Å²) in [6, 6.07) is 13.1. The molecule has 2 aromatic rings. The molecule has 0 aromatic heterocycles. The zero-order valence-electron chi connectivity index (χ0n) is 14.9. The van der Waals surface area contributed by atoms with Crippen molar-refractivity contribution >= 4 is 23.2 Å². The third kappa shape index (κ3) is 5.35. The van der Waals surface area contributed by atoms with Gasteiger partial charge in [-0.2, -0.15) is 0 Å². The number of benzene rings is 2. The molecule has 0 aliphatic rings. The van der Waals surface area contributed by atoms with Gasteiger partial charge in [-0.05, 0) is 48.7 Å². The third-order valence-electron chi connectivity index (χ3n) is 3.88. The molecule has 5 heteroatoms. The lowest BCUT2D eigenvalue weighted by molar-refractivity contribution is -0.118. The first-order valence-corrected chi connectivity index (χ1v) is 8.44. The van der Waals surface area contributed by atoms with Gasteiger partial charge in [0, 0.05) is 17.8 Å². The summed E-state index contributed by atoms with van der Waals surface area (Å²) < 4.78 is 5.55. The van der Waals surface area contributed by atoms with Crippen LogP contribution in [0, 0.1) is 6.92 Å². The molecule has 0 unspecified atom stereocenters. The fraction of sp³-hybridized carbons (Fsp3) is 0.300. The van der Waals surface area contributed by atoms with Crippen LogP contribution in [0.1, 0.15) is 31.4 Å². The third-order valence-corrected chi connectivity index (χ3v) is 3.88. The molecule has 0 saturated heterocycles. The second-order valence-electron chi connectivity index (χ2n) is 5.72. The number of ether oxygens (including phenoxy) is 1. The summed E-state index contributed by atoms with van der Waals surface area (Å²) in [6.07, 6.45) is 1.32. The summed E-state index contributed by atoms with van der Waals surface area (Å²) >= 11 is 0. The van der Waals surface area contributed by atoms with Crippen LogP contribution in [0.5, 0.6) is 5.75 Å². The average molecular weight is 340 g/mol. The van der Waals surface area contributed by atoms with E-state index in [1.165, 1.54) is 0 Å². The molecule has 0 heterocycles. The molecular weight excluding hydrogens is 316 g/mol. The molecule has 25 heavy (non-hydrogen) atoms. The van der Waals surface area contributed by atoms with E-state index in [2.05, 4.69) is 17.6 Å². The quantitative estimate of drug-likeness (QED) is 0.803. The second kappa shape index (κ2) is 8.87. The highest BCUT2D eigenvalue weighted by Gasteiger charge is 2.10. The van der Waals surface area contributed by atoms with Gasteiger partial charge in [-0.1, -0.05) is 32.0 Å². The van der Waals surface area contributed by atoms with Gasteiger partial charge in [-0.25, -0.2) is 0 Å². The van der Waals surface area contributed by atoms with Crippen LogP contribution in [0.2, 0.25) is 0 Å². The number of rotatable bonds is 7. The van der Waals surface area contributed by atoms with Gasteiger partial charge in [-0.15, -0.1) is 0 Å². The maximum Gasteiger partial charge on any atom is 0.262 e. The molecule has 0 spiro atoms. The summed E-state index contributed by atoms with van der Waals surface area (Å²) in [5.41, 5.74) is 3.32. The fourth-order valence-electron chi connectivity index (χ4n) is 2.34. The lowest BCUT2D eigenvalue weighted by Crippen LogP contribution is -2.21. The van der Waals surface area contributed by atoms with E-state index >= 15 is 0 Å². The topological polar surface area (TPSA) is 67.4 Å². The maximum absolute atomic E-state index is 12.2. The minimum Gasteiger partial charge on any atom is -0.484 e. The molecule has 0 bridgehead atoms. The van der Waals surface area contributed by atoms with E-state index in [0.717, 1.165) is 17.5 Å². The molecule has 0 fully saturated rings. The van der Waals surface area contributed by atoms with Crippen LogP contribution < -0.4 is 15.4 Å². The van der Waals surface area contributed by atoms with Crippen molar-refractivity contribution in [3.8, 4) is 5.75 Å². The van der Waals surface area contributed by atoms with Gasteiger partial charge in [0.1, 0.15) is 5.75 Å². The predicted octanol–water partition coefficient (Wildman–Crippen LogP) is 3.92. The van der Waals surface area contributed by atoms with E-state index in [1.807, 2.05) is 37.3 Å². The molecule has 2 rings (SSSR count). The van der Waals surface area contributed by atoms with Gasteiger partial charge in [0.25, 0.3) is 5.91 Å². The van der Waals surface area contributed by atoms with Crippen LogP contribution in [0.4, 0.5) is 11.4 Å². The van der Waals surface area contributed by atoms with Crippen molar-refractivity contribution in [2.45, 2.75) is 33.6 Å².